The molecule has 0 radical (unpaired) electrons. The van der Waals surface area contributed by atoms with Gasteiger partial charge in [0.1, 0.15) is 0 Å². The van der Waals surface area contributed by atoms with E-state index in [2.05, 4.69) is 37.5 Å². The highest BCUT2D eigenvalue weighted by Crippen LogP contribution is 2.32. The maximum atomic E-state index is 10.3. The van der Waals surface area contributed by atoms with Crippen molar-refractivity contribution < 1.29 is 5.11 Å². The van der Waals surface area contributed by atoms with Crippen LogP contribution in [0.5, 0.6) is 0 Å². The smallest absolute Gasteiger partial charge is 0.0580 e. The van der Waals surface area contributed by atoms with Crippen molar-refractivity contribution in [2.24, 2.45) is 11.8 Å². The molecule has 118 valence electrons. The first-order valence-electron chi connectivity index (χ1n) is 8.55. The molecule has 1 aliphatic heterocycles. The largest absolute Gasteiger partial charge is 0.393 e. The second kappa shape index (κ2) is 6.76. The molecule has 3 heteroatoms. The number of rotatable bonds is 3. The lowest BCUT2D eigenvalue weighted by molar-refractivity contribution is 0.00499. The van der Waals surface area contributed by atoms with Gasteiger partial charge in [0.2, 0.25) is 0 Å². The van der Waals surface area contributed by atoms with Gasteiger partial charge in [-0.05, 0) is 51.9 Å². The second-order valence-corrected chi connectivity index (χ2v) is 7.87. The molecule has 1 aliphatic carbocycles. The minimum absolute atomic E-state index is 0.0570. The molecule has 0 bridgehead atoms. The molecule has 1 saturated heterocycles. The van der Waals surface area contributed by atoms with Crippen LogP contribution in [0.3, 0.4) is 0 Å². The zero-order valence-electron chi connectivity index (χ0n) is 13.9. The van der Waals surface area contributed by atoms with Gasteiger partial charge in [0, 0.05) is 38.3 Å². The van der Waals surface area contributed by atoms with Crippen molar-refractivity contribution in [2.45, 2.75) is 65.0 Å². The van der Waals surface area contributed by atoms with E-state index in [1.165, 1.54) is 32.4 Å². The Balaban J connectivity index is 1.80. The molecule has 0 aromatic carbocycles. The lowest BCUT2D eigenvalue weighted by Crippen LogP contribution is -2.54. The molecule has 20 heavy (non-hydrogen) atoms. The van der Waals surface area contributed by atoms with E-state index in [0.717, 1.165) is 32.0 Å². The predicted octanol–water partition coefficient (Wildman–Crippen LogP) is 2.59. The van der Waals surface area contributed by atoms with E-state index in [9.17, 15) is 5.11 Å². The Bertz CT molecular complexity index is 292. The van der Waals surface area contributed by atoms with Crippen LogP contribution in [-0.4, -0.2) is 59.3 Å². The van der Waals surface area contributed by atoms with Crippen molar-refractivity contribution in [3.63, 3.8) is 0 Å². The zero-order chi connectivity index (χ0) is 14.8. The minimum atomic E-state index is -0.0570. The van der Waals surface area contributed by atoms with E-state index in [1.807, 2.05) is 0 Å². The first kappa shape index (κ1) is 16.3. The molecule has 1 saturated carbocycles. The Kier molecular flexibility index (Phi) is 5.49. The van der Waals surface area contributed by atoms with Gasteiger partial charge in [0.25, 0.3) is 0 Å². The number of piperazine rings is 1. The summed E-state index contributed by atoms with van der Waals surface area (Å²) in [6, 6.07) is 0. The molecule has 0 aromatic rings. The van der Waals surface area contributed by atoms with Crippen LogP contribution in [0, 0.1) is 11.8 Å². The third-order valence-electron chi connectivity index (χ3n) is 5.44. The van der Waals surface area contributed by atoms with Crippen molar-refractivity contribution in [1.29, 1.82) is 0 Å². The molecular weight excluding hydrogens is 248 g/mol. The van der Waals surface area contributed by atoms with E-state index in [0.29, 0.717) is 11.5 Å². The Morgan fingerprint density at radius 3 is 2.25 bits per heavy atom. The van der Waals surface area contributed by atoms with Gasteiger partial charge in [-0.3, -0.25) is 4.90 Å². The maximum absolute atomic E-state index is 10.3. The molecule has 0 aromatic heterocycles. The number of nitrogens with zero attached hydrogens (tertiary/aromatic N) is 2. The van der Waals surface area contributed by atoms with Gasteiger partial charge >= 0.3 is 0 Å². The highest BCUT2D eigenvalue weighted by Gasteiger charge is 2.32. The van der Waals surface area contributed by atoms with E-state index < -0.39 is 0 Å². The number of hydrogen-bond acceptors (Lipinski definition) is 3. The zero-order valence-corrected chi connectivity index (χ0v) is 13.9. The molecule has 3 atom stereocenters. The van der Waals surface area contributed by atoms with Gasteiger partial charge in [-0.1, -0.05) is 13.3 Å². The summed E-state index contributed by atoms with van der Waals surface area (Å²) in [5.41, 5.74) is 0.295. The number of hydrogen-bond donors (Lipinski definition) is 1. The first-order valence-corrected chi connectivity index (χ1v) is 8.55. The standard InChI is InChI=1S/C17H34N2O/c1-5-14-6-7-16(20)15(12-14)13-18-8-10-19(11-9-18)17(2,3)4/h14-16,20H,5-13H2,1-4H3. The van der Waals surface area contributed by atoms with Crippen LogP contribution >= 0.6 is 0 Å². The fraction of sp³-hybridized carbons (Fsp3) is 1.00. The molecule has 2 fully saturated rings. The van der Waals surface area contributed by atoms with Crippen LogP contribution in [0.15, 0.2) is 0 Å². The Morgan fingerprint density at radius 1 is 1.05 bits per heavy atom. The molecule has 2 aliphatic rings. The van der Waals surface area contributed by atoms with Gasteiger partial charge in [0.15, 0.2) is 0 Å². The van der Waals surface area contributed by atoms with Crippen molar-refractivity contribution in [3.05, 3.63) is 0 Å². The summed E-state index contributed by atoms with van der Waals surface area (Å²) in [6.07, 6.45) is 4.70. The predicted molar refractivity (Wildman–Crippen MR) is 84.9 cm³/mol. The van der Waals surface area contributed by atoms with Crippen molar-refractivity contribution >= 4 is 0 Å². The van der Waals surface area contributed by atoms with Crippen LogP contribution in [0.4, 0.5) is 0 Å². The molecule has 1 N–H and O–H groups in total. The summed E-state index contributed by atoms with van der Waals surface area (Å²) < 4.78 is 0. The summed E-state index contributed by atoms with van der Waals surface area (Å²) >= 11 is 0. The normalized spacial score (nSPS) is 34.4. The highest BCUT2D eigenvalue weighted by molar-refractivity contribution is 4.86. The fourth-order valence-corrected chi connectivity index (χ4v) is 3.85. The third kappa shape index (κ3) is 4.19. The summed E-state index contributed by atoms with van der Waals surface area (Å²) in [4.78, 5) is 5.16. The van der Waals surface area contributed by atoms with Crippen LogP contribution in [-0.2, 0) is 0 Å². The van der Waals surface area contributed by atoms with Crippen LogP contribution < -0.4 is 0 Å². The van der Waals surface area contributed by atoms with Gasteiger partial charge < -0.3 is 10.0 Å². The number of aliphatic hydroxyl groups is 1. The SMILES string of the molecule is CCC1CCC(O)C(CN2CCN(C(C)(C)C)CC2)C1. The van der Waals surface area contributed by atoms with Gasteiger partial charge in [-0.25, -0.2) is 0 Å². The average Bonchev–Trinajstić information content (AvgIpc) is 2.41. The monoisotopic (exact) mass is 282 g/mol. The van der Waals surface area contributed by atoms with Crippen molar-refractivity contribution in [3.8, 4) is 0 Å². The summed E-state index contributed by atoms with van der Waals surface area (Å²) in [6.45, 7) is 15.0. The molecule has 0 amide bonds. The van der Waals surface area contributed by atoms with E-state index in [-0.39, 0.29) is 6.10 Å². The lowest BCUT2D eigenvalue weighted by Gasteiger charge is -2.44. The lowest BCUT2D eigenvalue weighted by atomic mass is 9.78. The molecule has 3 unspecified atom stereocenters. The minimum Gasteiger partial charge on any atom is -0.393 e. The average molecular weight is 282 g/mol. The quantitative estimate of drug-likeness (QED) is 0.862. The van der Waals surface area contributed by atoms with Crippen molar-refractivity contribution in [2.75, 3.05) is 32.7 Å². The first-order chi connectivity index (χ1) is 9.40. The van der Waals surface area contributed by atoms with Crippen LogP contribution in [0.1, 0.15) is 53.4 Å². The topological polar surface area (TPSA) is 26.7 Å². The summed E-state index contributed by atoms with van der Waals surface area (Å²) in [7, 11) is 0. The highest BCUT2D eigenvalue weighted by atomic mass is 16.3. The van der Waals surface area contributed by atoms with E-state index >= 15 is 0 Å². The summed E-state index contributed by atoms with van der Waals surface area (Å²) in [5, 5.41) is 10.3. The van der Waals surface area contributed by atoms with Gasteiger partial charge in [-0.2, -0.15) is 0 Å². The Labute approximate surface area is 125 Å². The molecule has 0 spiro atoms. The van der Waals surface area contributed by atoms with Crippen LogP contribution in [0.25, 0.3) is 0 Å². The van der Waals surface area contributed by atoms with E-state index in [4.69, 9.17) is 0 Å². The third-order valence-corrected chi connectivity index (χ3v) is 5.44. The maximum Gasteiger partial charge on any atom is 0.0580 e. The summed E-state index contributed by atoms with van der Waals surface area (Å²) in [5.74, 6) is 1.36. The number of aliphatic hydroxyl groups excluding tert-OH is 1. The van der Waals surface area contributed by atoms with E-state index in [1.54, 1.807) is 0 Å². The Hall–Kier alpha value is -0.120. The van der Waals surface area contributed by atoms with Crippen molar-refractivity contribution in [1.82, 2.24) is 9.80 Å². The van der Waals surface area contributed by atoms with Crippen LogP contribution in [0.2, 0.25) is 0 Å². The molecule has 1 heterocycles. The molecular formula is C17H34N2O. The second-order valence-electron chi connectivity index (χ2n) is 7.87. The van der Waals surface area contributed by atoms with Gasteiger partial charge in [0.05, 0.1) is 6.10 Å². The molecule has 3 nitrogen and oxygen atoms in total. The Morgan fingerprint density at radius 2 is 1.70 bits per heavy atom. The molecule has 2 rings (SSSR count). The van der Waals surface area contributed by atoms with Gasteiger partial charge in [-0.15, -0.1) is 0 Å². The fourth-order valence-electron chi connectivity index (χ4n) is 3.85.